The van der Waals surface area contributed by atoms with Crippen molar-refractivity contribution in [1.29, 1.82) is 0 Å². The first kappa shape index (κ1) is 21.8. The Bertz CT molecular complexity index is 679. The van der Waals surface area contributed by atoms with Gasteiger partial charge in [-0.05, 0) is 69.9 Å². The van der Waals surface area contributed by atoms with E-state index in [1.165, 1.54) is 0 Å². The highest BCUT2D eigenvalue weighted by molar-refractivity contribution is 8.07. The topological polar surface area (TPSA) is 69.6 Å². The molecule has 0 N–H and O–H groups in total. The number of oxime groups is 1. The average Bonchev–Trinajstić information content (AvgIpc) is 2.67. The molecule has 0 atom stereocenters. The van der Waals surface area contributed by atoms with Crippen molar-refractivity contribution in [3.05, 3.63) is 29.8 Å². The number of carbonyl (C=O) groups excluding carboxylic acids is 1. The molecule has 1 aromatic rings. The molecule has 1 aliphatic rings. The number of amides is 1. The van der Waals surface area contributed by atoms with Crippen LogP contribution in [0.15, 0.2) is 29.4 Å². The van der Waals surface area contributed by atoms with E-state index in [4.69, 9.17) is 30.2 Å². The van der Waals surface area contributed by atoms with Gasteiger partial charge in [0.2, 0.25) is 0 Å². The average molecular weight is 414 g/mol. The minimum atomic E-state index is -2.79. The maximum absolute atomic E-state index is 12.0. The van der Waals surface area contributed by atoms with Gasteiger partial charge in [0.05, 0.1) is 18.9 Å². The highest BCUT2D eigenvalue weighted by Gasteiger charge is 2.21. The zero-order valence-electron chi connectivity index (χ0n) is 16.1. The molecular weight excluding hydrogens is 387 g/mol. The number of benzene rings is 1. The predicted molar refractivity (Wildman–Crippen MR) is 109 cm³/mol. The van der Waals surface area contributed by atoms with Crippen LogP contribution in [-0.2, 0) is 25.7 Å². The van der Waals surface area contributed by atoms with Crippen LogP contribution in [0.4, 0.5) is 4.79 Å². The largest absolute Gasteiger partial charge is 0.435 e. The van der Waals surface area contributed by atoms with Gasteiger partial charge in [0, 0.05) is 24.9 Å². The molecule has 0 aliphatic carbocycles. The van der Waals surface area contributed by atoms with Crippen LogP contribution in [0.25, 0.3) is 0 Å². The third-order valence-electron chi connectivity index (χ3n) is 3.94. The lowest BCUT2D eigenvalue weighted by atomic mass is 10.1. The Kier molecular flexibility index (Phi) is 8.70. The zero-order chi connectivity index (χ0) is 19.7. The third-order valence-corrected chi connectivity index (χ3v) is 6.38. The summed E-state index contributed by atoms with van der Waals surface area (Å²) in [7, 11) is 0. The number of likely N-dealkylation sites (tertiary alicyclic amines) is 1. The lowest BCUT2D eigenvalue weighted by molar-refractivity contribution is 0.0981. The van der Waals surface area contributed by atoms with E-state index in [0.29, 0.717) is 24.7 Å². The maximum atomic E-state index is 12.0. The molecule has 7 nitrogen and oxygen atoms in total. The normalized spacial score (nSPS) is 15.5. The van der Waals surface area contributed by atoms with E-state index in [1.54, 1.807) is 24.0 Å². The van der Waals surface area contributed by atoms with Crippen LogP contribution in [0.5, 0.6) is 5.75 Å². The second-order valence-corrected chi connectivity index (χ2v) is 8.92. The van der Waals surface area contributed by atoms with Crippen molar-refractivity contribution in [3.8, 4) is 5.75 Å². The van der Waals surface area contributed by atoms with Gasteiger partial charge >= 0.3 is 12.8 Å². The second-order valence-electron chi connectivity index (χ2n) is 5.98. The molecule has 27 heavy (non-hydrogen) atoms. The summed E-state index contributed by atoms with van der Waals surface area (Å²) in [5, 5.41) is 3.95. The first-order valence-corrected chi connectivity index (χ1v) is 11.7. The third kappa shape index (κ3) is 6.88. The van der Waals surface area contributed by atoms with Crippen molar-refractivity contribution >= 4 is 30.3 Å². The van der Waals surface area contributed by atoms with Gasteiger partial charge < -0.3 is 9.42 Å². The lowest BCUT2D eigenvalue weighted by Gasteiger charge is -2.24. The van der Waals surface area contributed by atoms with Crippen molar-refractivity contribution in [1.82, 2.24) is 4.90 Å². The molecule has 0 bridgehead atoms. The fourth-order valence-electron chi connectivity index (χ4n) is 2.59. The number of rotatable bonds is 8. The molecular formula is C18H27N2O5PS. The van der Waals surface area contributed by atoms with Crippen molar-refractivity contribution in [2.45, 2.75) is 40.0 Å². The van der Waals surface area contributed by atoms with Crippen LogP contribution in [0.2, 0.25) is 0 Å². The van der Waals surface area contributed by atoms with Gasteiger partial charge in [0.15, 0.2) is 0 Å². The summed E-state index contributed by atoms with van der Waals surface area (Å²) in [5.74, 6) is 0.557. The van der Waals surface area contributed by atoms with Crippen molar-refractivity contribution in [2.75, 3.05) is 26.3 Å². The van der Waals surface area contributed by atoms with Crippen LogP contribution in [0.1, 0.15) is 45.6 Å². The van der Waals surface area contributed by atoms with Gasteiger partial charge in [-0.1, -0.05) is 5.16 Å². The first-order chi connectivity index (χ1) is 13.0. The Balaban J connectivity index is 1.96. The van der Waals surface area contributed by atoms with E-state index in [1.807, 2.05) is 26.0 Å². The summed E-state index contributed by atoms with van der Waals surface area (Å²) in [5.41, 5.74) is 1.41. The molecule has 1 saturated heterocycles. The molecule has 0 spiro atoms. The second kappa shape index (κ2) is 10.8. The highest BCUT2D eigenvalue weighted by Crippen LogP contribution is 2.49. The van der Waals surface area contributed by atoms with Crippen LogP contribution in [-0.4, -0.2) is 43.0 Å². The molecule has 1 heterocycles. The smallest absolute Gasteiger partial charge is 0.424 e. The molecule has 9 heteroatoms. The molecule has 1 aliphatic heterocycles. The van der Waals surface area contributed by atoms with Gasteiger partial charge in [0.25, 0.3) is 0 Å². The van der Waals surface area contributed by atoms with Crippen LogP contribution in [0.3, 0.4) is 0 Å². The summed E-state index contributed by atoms with van der Waals surface area (Å²) < 4.78 is 16.7. The van der Waals surface area contributed by atoms with Crippen LogP contribution >= 0.6 is 6.72 Å². The molecule has 1 fully saturated rings. The molecule has 0 unspecified atom stereocenters. The van der Waals surface area contributed by atoms with Gasteiger partial charge in [-0.25, -0.2) is 4.79 Å². The molecule has 150 valence electrons. The monoisotopic (exact) mass is 414 g/mol. The fraction of sp³-hybridized carbons (Fsp3) is 0.556. The van der Waals surface area contributed by atoms with Crippen molar-refractivity contribution in [3.63, 3.8) is 0 Å². The van der Waals surface area contributed by atoms with E-state index in [0.717, 1.165) is 37.9 Å². The van der Waals surface area contributed by atoms with E-state index in [-0.39, 0.29) is 0 Å². The summed E-state index contributed by atoms with van der Waals surface area (Å²) in [6.45, 7) is 4.97. The fourth-order valence-corrected chi connectivity index (χ4v) is 4.67. The standard InChI is InChI=1S/C18H27N2O5PS/c1-4-22-26(27,23-5-2)25-17-11-9-16(10-12-17)15(3)19-24-18(21)20-13-7-6-8-14-20/h9-12H,4-8,13-14H2,1-3H3/b19-15-. The predicted octanol–water partition coefficient (Wildman–Crippen LogP) is 4.71. The van der Waals surface area contributed by atoms with E-state index in [9.17, 15) is 4.79 Å². The molecule has 0 radical (unpaired) electrons. The zero-order valence-corrected chi connectivity index (χ0v) is 17.8. The van der Waals surface area contributed by atoms with Gasteiger partial charge in [-0.2, -0.15) is 0 Å². The van der Waals surface area contributed by atoms with Gasteiger partial charge in [-0.15, -0.1) is 0 Å². The van der Waals surface area contributed by atoms with E-state index in [2.05, 4.69) is 5.16 Å². The molecule has 1 aromatic carbocycles. The summed E-state index contributed by atoms with van der Waals surface area (Å²) in [6, 6.07) is 7.17. The lowest BCUT2D eigenvalue weighted by Crippen LogP contribution is -2.35. The van der Waals surface area contributed by atoms with Gasteiger partial charge in [-0.3, -0.25) is 13.9 Å². The van der Waals surface area contributed by atoms with Crippen LogP contribution in [0, 0.1) is 0 Å². The Morgan fingerprint density at radius 3 is 2.26 bits per heavy atom. The minimum Gasteiger partial charge on any atom is -0.424 e. The SMILES string of the molecule is CCOP(=S)(OCC)Oc1ccc(/C(C)=N\OC(=O)N2CCCCC2)cc1. The Labute approximate surface area is 165 Å². The quantitative estimate of drug-likeness (QED) is 0.266. The molecule has 1 amide bonds. The minimum absolute atomic E-state index is 0.400. The van der Waals surface area contributed by atoms with Gasteiger partial charge in [0.1, 0.15) is 5.75 Å². The number of nitrogens with zero attached hydrogens (tertiary/aromatic N) is 2. The molecule has 2 rings (SSSR count). The summed E-state index contributed by atoms with van der Waals surface area (Å²) in [6.07, 6.45) is 2.77. The number of hydrogen-bond donors (Lipinski definition) is 0. The Morgan fingerprint density at radius 2 is 1.70 bits per heavy atom. The number of piperidine rings is 1. The van der Waals surface area contributed by atoms with E-state index >= 15 is 0 Å². The van der Waals surface area contributed by atoms with E-state index < -0.39 is 12.8 Å². The highest BCUT2D eigenvalue weighted by atomic mass is 32.5. The summed E-state index contributed by atoms with van der Waals surface area (Å²) >= 11 is 5.36. The molecule has 0 saturated carbocycles. The first-order valence-electron chi connectivity index (χ1n) is 9.17. The maximum Gasteiger partial charge on any atom is 0.435 e. The van der Waals surface area contributed by atoms with Crippen molar-refractivity contribution < 1.29 is 23.2 Å². The molecule has 0 aromatic heterocycles. The number of hydrogen-bond acceptors (Lipinski definition) is 7. The Hall–Kier alpha value is -1.47. The Morgan fingerprint density at radius 1 is 1.11 bits per heavy atom. The van der Waals surface area contributed by atoms with Crippen molar-refractivity contribution in [2.24, 2.45) is 5.16 Å². The van der Waals surface area contributed by atoms with Crippen LogP contribution < -0.4 is 4.52 Å². The summed E-state index contributed by atoms with van der Waals surface area (Å²) in [4.78, 5) is 18.8. The number of carbonyl (C=O) groups is 1.